The van der Waals surface area contributed by atoms with Gasteiger partial charge in [-0.1, -0.05) is 23.7 Å². The molecule has 1 aromatic rings. The van der Waals surface area contributed by atoms with Crippen molar-refractivity contribution >= 4 is 23.5 Å². The Morgan fingerprint density at radius 3 is 2.50 bits per heavy atom. The number of hydrogen-bond donors (Lipinski definition) is 1. The van der Waals surface area contributed by atoms with Gasteiger partial charge in [-0.15, -0.1) is 0 Å². The van der Waals surface area contributed by atoms with Crippen molar-refractivity contribution in [1.82, 2.24) is 10.2 Å². The van der Waals surface area contributed by atoms with E-state index >= 15 is 0 Å². The third-order valence-electron chi connectivity index (χ3n) is 4.70. The van der Waals surface area contributed by atoms with Gasteiger partial charge in [-0.25, -0.2) is 0 Å². The summed E-state index contributed by atoms with van der Waals surface area (Å²) in [6.07, 6.45) is 1.71. The minimum Gasteiger partial charge on any atom is -0.469 e. The summed E-state index contributed by atoms with van der Waals surface area (Å²) in [5.41, 5.74) is 0.514. The first-order valence-electron chi connectivity index (χ1n) is 8.26. The number of benzene rings is 1. The highest BCUT2D eigenvalue weighted by molar-refractivity contribution is 6.30. The van der Waals surface area contributed by atoms with E-state index in [0.717, 1.165) is 18.5 Å². The second-order valence-electron chi connectivity index (χ2n) is 6.41. The van der Waals surface area contributed by atoms with Gasteiger partial charge >= 0.3 is 5.97 Å². The van der Waals surface area contributed by atoms with Crippen LogP contribution in [0.3, 0.4) is 0 Å². The van der Waals surface area contributed by atoms with Crippen LogP contribution in [-0.4, -0.2) is 42.5 Å². The lowest BCUT2D eigenvalue weighted by Gasteiger charge is -2.44. The van der Waals surface area contributed by atoms with Crippen LogP contribution in [0.15, 0.2) is 24.3 Å². The normalized spacial score (nSPS) is 20.8. The molecule has 5 nitrogen and oxygen atoms in total. The maximum absolute atomic E-state index is 13.0. The van der Waals surface area contributed by atoms with E-state index in [2.05, 4.69) is 10.1 Å². The van der Waals surface area contributed by atoms with Crippen molar-refractivity contribution in [1.29, 1.82) is 0 Å². The summed E-state index contributed by atoms with van der Waals surface area (Å²) in [6.45, 7) is 5.30. The van der Waals surface area contributed by atoms with E-state index in [0.29, 0.717) is 24.4 Å². The highest BCUT2D eigenvalue weighted by Crippen LogP contribution is 2.28. The molecule has 0 spiro atoms. The summed E-state index contributed by atoms with van der Waals surface area (Å²) < 4.78 is 4.68. The minimum atomic E-state index is -0.508. The number of hydrogen-bond acceptors (Lipinski definition) is 4. The van der Waals surface area contributed by atoms with E-state index < -0.39 is 5.54 Å². The number of nitrogens with zero attached hydrogens (tertiary/aromatic N) is 1. The molecule has 0 saturated carbocycles. The van der Waals surface area contributed by atoms with Gasteiger partial charge < -0.3 is 15.0 Å². The van der Waals surface area contributed by atoms with Crippen molar-refractivity contribution in [3.8, 4) is 0 Å². The Balaban J connectivity index is 2.13. The van der Waals surface area contributed by atoms with Gasteiger partial charge in [0.2, 0.25) is 5.91 Å². The van der Waals surface area contributed by atoms with Crippen molar-refractivity contribution in [3.05, 3.63) is 34.9 Å². The lowest BCUT2D eigenvalue weighted by molar-refractivity contribution is -0.145. The molecule has 0 radical (unpaired) electrons. The molecule has 132 valence electrons. The summed E-state index contributed by atoms with van der Waals surface area (Å²) in [6, 6.07) is 7.43. The number of methoxy groups -OCH3 is 1. The standard InChI is InChI=1S/C18H25ClN2O3/c1-13(14-6-8-15(19)9-7-14)21(12-4-5-16(22)24-3)17(23)18(2)10-11-20-18/h6-9,13,20H,4-5,10-12H2,1-3H3/t13-,18+/m0/s1. The van der Waals surface area contributed by atoms with Gasteiger partial charge in [0.25, 0.3) is 0 Å². The highest BCUT2D eigenvalue weighted by Gasteiger charge is 2.42. The van der Waals surface area contributed by atoms with Crippen molar-refractivity contribution < 1.29 is 14.3 Å². The maximum atomic E-state index is 13.0. The summed E-state index contributed by atoms with van der Waals surface area (Å²) in [5.74, 6) is -0.185. The van der Waals surface area contributed by atoms with E-state index in [1.54, 1.807) is 0 Å². The first-order valence-corrected chi connectivity index (χ1v) is 8.63. The zero-order chi connectivity index (χ0) is 17.7. The summed E-state index contributed by atoms with van der Waals surface area (Å²) in [4.78, 5) is 26.2. The Hall–Kier alpha value is -1.59. The van der Waals surface area contributed by atoms with Gasteiger partial charge in [-0.05, 0) is 50.9 Å². The molecule has 1 N–H and O–H groups in total. The molecule has 0 aliphatic carbocycles. The van der Waals surface area contributed by atoms with Gasteiger partial charge in [0.15, 0.2) is 0 Å². The van der Waals surface area contributed by atoms with Crippen LogP contribution in [0.4, 0.5) is 0 Å². The zero-order valence-electron chi connectivity index (χ0n) is 14.5. The number of ether oxygens (including phenoxy) is 1. The molecule has 1 aliphatic rings. The van der Waals surface area contributed by atoms with E-state index in [4.69, 9.17) is 11.6 Å². The zero-order valence-corrected chi connectivity index (χ0v) is 15.2. The first-order chi connectivity index (χ1) is 11.4. The molecule has 1 saturated heterocycles. The maximum Gasteiger partial charge on any atom is 0.305 e. The molecule has 0 unspecified atom stereocenters. The lowest BCUT2D eigenvalue weighted by atomic mass is 9.87. The summed E-state index contributed by atoms with van der Waals surface area (Å²) >= 11 is 5.96. The van der Waals surface area contributed by atoms with Gasteiger partial charge in [0.1, 0.15) is 0 Å². The van der Waals surface area contributed by atoms with Crippen LogP contribution in [0.25, 0.3) is 0 Å². The van der Waals surface area contributed by atoms with Crippen LogP contribution < -0.4 is 5.32 Å². The number of halogens is 1. The van der Waals surface area contributed by atoms with Crippen molar-refractivity contribution in [3.63, 3.8) is 0 Å². The van der Waals surface area contributed by atoms with Gasteiger partial charge in [-0.3, -0.25) is 9.59 Å². The predicted octanol–water partition coefficient (Wildman–Crippen LogP) is 2.93. The fourth-order valence-corrected chi connectivity index (χ4v) is 3.01. The number of carbonyl (C=O) groups excluding carboxylic acids is 2. The molecule has 1 fully saturated rings. The molecular formula is C18H25ClN2O3. The monoisotopic (exact) mass is 352 g/mol. The molecule has 0 bridgehead atoms. The Bertz CT molecular complexity index is 584. The summed E-state index contributed by atoms with van der Waals surface area (Å²) in [7, 11) is 1.38. The first kappa shape index (κ1) is 18.7. The SMILES string of the molecule is COC(=O)CCCN(C(=O)[C@@]1(C)CCN1)[C@@H](C)c1ccc(Cl)cc1. The Morgan fingerprint density at radius 1 is 1.38 bits per heavy atom. The van der Waals surface area contributed by atoms with Gasteiger partial charge in [-0.2, -0.15) is 0 Å². The van der Waals surface area contributed by atoms with Crippen molar-refractivity contribution in [2.45, 2.75) is 44.7 Å². The Labute approximate surface area is 148 Å². The molecule has 1 amide bonds. The third-order valence-corrected chi connectivity index (χ3v) is 4.95. The summed E-state index contributed by atoms with van der Waals surface area (Å²) in [5, 5.41) is 3.89. The molecule has 24 heavy (non-hydrogen) atoms. The topological polar surface area (TPSA) is 58.6 Å². The lowest BCUT2D eigenvalue weighted by Crippen LogP contribution is -2.64. The number of esters is 1. The Kier molecular flexibility index (Phi) is 6.24. The van der Waals surface area contributed by atoms with E-state index in [1.807, 2.05) is 43.0 Å². The van der Waals surface area contributed by atoms with Crippen LogP contribution >= 0.6 is 11.6 Å². The smallest absolute Gasteiger partial charge is 0.305 e. The molecular weight excluding hydrogens is 328 g/mol. The molecule has 1 heterocycles. The number of carbonyl (C=O) groups is 2. The number of nitrogens with one attached hydrogen (secondary N) is 1. The van der Waals surface area contributed by atoms with Crippen LogP contribution in [0.2, 0.25) is 5.02 Å². The van der Waals surface area contributed by atoms with Crippen molar-refractivity contribution in [2.24, 2.45) is 0 Å². The molecule has 1 aromatic carbocycles. The van der Waals surface area contributed by atoms with Gasteiger partial charge in [0, 0.05) is 18.0 Å². The third kappa shape index (κ3) is 4.28. The average molecular weight is 353 g/mol. The molecule has 0 aromatic heterocycles. The van der Waals surface area contributed by atoms with Crippen LogP contribution in [-0.2, 0) is 14.3 Å². The molecule has 1 aliphatic heterocycles. The average Bonchev–Trinajstić information content (AvgIpc) is 2.55. The second-order valence-corrected chi connectivity index (χ2v) is 6.85. The van der Waals surface area contributed by atoms with Crippen molar-refractivity contribution in [2.75, 3.05) is 20.2 Å². The highest BCUT2D eigenvalue weighted by atomic mass is 35.5. The quantitative estimate of drug-likeness (QED) is 0.766. The molecule has 2 rings (SSSR count). The number of rotatable bonds is 7. The van der Waals surface area contributed by atoms with Crippen LogP contribution in [0, 0.1) is 0 Å². The fourth-order valence-electron chi connectivity index (χ4n) is 2.89. The Morgan fingerprint density at radius 2 is 2.00 bits per heavy atom. The second kappa shape index (κ2) is 7.99. The largest absolute Gasteiger partial charge is 0.469 e. The molecule has 2 atom stereocenters. The minimum absolute atomic E-state index is 0.0704. The van der Waals surface area contributed by atoms with Gasteiger partial charge in [0.05, 0.1) is 18.7 Å². The van der Waals surface area contributed by atoms with Crippen LogP contribution in [0.5, 0.6) is 0 Å². The van der Waals surface area contributed by atoms with E-state index in [1.165, 1.54) is 7.11 Å². The predicted molar refractivity (Wildman–Crippen MR) is 93.9 cm³/mol. The van der Waals surface area contributed by atoms with E-state index in [9.17, 15) is 9.59 Å². The molecule has 6 heteroatoms. The fraction of sp³-hybridized carbons (Fsp3) is 0.556. The number of amides is 1. The van der Waals surface area contributed by atoms with E-state index in [-0.39, 0.29) is 17.9 Å². The van der Waals surface area contributed by atoms with Crippen LogP contribution in [0.1, 0.15) is 44.7 Å².